The number of carbonyl (C=O) groups excluding carboxylic acids is 1. The molecule has 1 heterocycles. The van der Waals surface area contributed by atoms with Gasteiger partial charge >= 0.3 is 0 Å². The molecule has 1 amide bonds. The summed E-state index contributed by atoms with van der Waals surface area (Å²) in [6.45, 7) is 2.76. The molecule has 1 aromatic heterocycles. The molecule has 0 aliphatic carbocycles. The number of hydrogen-bond donors (Lipinski definition) is 1. The van der Waals surface area contributed by atoms with Gasteiger partial charge in [0.25, 0.3) is 0 Å². The fourth-order valence-corrected chi connectivity index (χ4v) is 2.97. The van der Waals surface area contributed by atoms with Crippen LogP contribution >= 0.6 is 35.3 Å². The molecule has 0 aromatic carbocycles. The lowest BCUT2D eigenvalue weighted by Crippen LogP contribution is -2.30. The highest BCUT2D eigenvalue weighted by Crippen LogP contribution is 2.15. The minimum atomic E-state index is 0.155. The molecule has 6 heteroatoms. The summed E-state index contributed by atoms with van der Waals surface area (Å²) in [7, 11) is 1.85. The molecule has 0 bridgehead atoms. The van der Waals surface area contributed by atoms with Gasteiger partial charge in [-0.05, 0) is 25.4 Å². The lowest BCUT2D eigenvalue weighted by molar-refractivity contribution is -0.128. The van der Waals surface area contributed by atoms with Crippen LogP contribution in [0.2, 0.25) is 0 Å². The smallest absolute Gasteiger partial charge is 0.227 e. The van der Waals surface area contributed by atoms with Crippen molar-refractivity contribution in [3.63, 3.8) is 0 Å². The zero-order valence-electron chi connectivity index (χ0n) is 9.70. The average Bonchev–Trinajstić information content (AvgIpc) is 2.53. The molecule has 0 unspecified atom stereocenters. The van der Waals surface area contributed by atoms with Crippen LogP contribution in [0.4, 0.5) is 0 Å². The standard InChI is InChI=1S/C10H16N2OS3/c1-7-8(16-10(14)11-7)6-9(13)12(2)4-5-15-3/h4-6H2,1-3H3,(H,11,14). The van der Waals surface area contributed by atoms with E-state index in [2.05, 4.69) is 4.98 Å². The zero-order chi connectivity index (χ0) is 12.1. The molecule has 0 spiro atoms. The molecule has 0 radical (unpaired) electrons. The van der Waals surface area contributed by atoms with Gasteiger partial charge in [-0.25, -0.2) is 0 Å². The minimum absolute atomic E-state index is 0.155. The number of rotatable bonds is 5. The van der Waals surface area contributed by atoms with E-state index in [0.717, 1.165) is 26.8 Å². The van der Waals surface area contributed by atoms with Crippen molar-refractivity contribution >= 4 is 41.2 Å². The van der Waals surface area contributed by atoms with Crippen LogP contribution in [0, 0.1) is 10.9 Å². The Hall–Kier alpha value is -0.330. The Kier molecular flexibility index (Phi) is 5.51. The zero-order valence-corrected chi connectivity index (χ0v) is 12.2. The van der Waals surface area contributed by atoms with E-state index in [1.54, 1.807) is 16.7 Å². The second-order valence-corrected chi connectivity index (χ2v) is 6.31. The van der Waals surface area contributed by atoms with E-state index in [1.807, 2.05) is 20.2 Å². The first-order chi connectivity index (χ1) is 7.54. The molecule has 3 nitrogen and oxygen atoms in total. The van der Waals surface area contributed by atoms with Crippen LogP contribution in [-0.2, 0) is 11.2 Å². The highest BCUT2D eigenvalue weighted by atomic mass is 32.2. The minimum Gasteiger partial charge on any atom is -0.345 e. The highest BCUT2D eigenvalue weighted by Gasteiger charge is 2.12. The number of hydrogen-bond acceptors (Lipinski definition) is 4. The predicted octanol–water partition coefficient (Wildman–Crippen LogP) is 2.48. The molecule has 90 valence electrons. The maximum absolute atomic E-state index is 11.9. The normalized spacial score (nSPS) is 10.4. The summed E-state index contributed by atoms with van der Waals surface area (Å²) in [5.74, 6) is 1.13. The highest BCUT2D eigenvalue weighted by molar-refractivity contribution is 7.98. The first kappa shape index (κ1) is 13.7. The number of aromatic amines is 1. The van der Waals surface area contributed by atoms with Gasteiger partial charge in [0.2, 0.25) is 5.91 Å². The topological polar surface area (TPSA) is 36.1 Å². The Balaban J connectivity index is 2.57. The molecular formula is C10H16N2OS3. The third-order valence-electron chi connectivity index (χ3n) is 2.29. The Morgan fingerprint density at radius 3 is 2.81 bits per heavy atom. The monoisotopic (exact) mass is 276 g/mol. The number of aromatic nitrogens is 1. The van der Waals surface area contributed by atoms with Crippen LogP contribution in [0.25, 0.3) is 0 Å². The van der Waals surface area contributed by atoms with Crippen molar-refractivity contribution in [1.29, 1.82) is 0 Å². The fourth-order valence-electron chi connectivity index (χ4n) is 1.23. The average molecular weight is 276 g/mol. The van der Waals surface area contributed by atoms with Crippen LogP contribution < -0.4 is 0 Å². The van der Waals surface area contributed by atoms with Crippen LogP contribution in [0.5, 0.6) is 0 Å². The van der Waals surface area contributed by atoms with E-state index >= 15 is 0 Å². The van der Waals surface area contributed by atoms with E-state index in [9.17, 15) is 4.79 Å². The number of H-pyrrole nitrogens is 1. The summed E-state index contributed by atoms with van der Waals surface area (Å²) in [4.78, 5) is 17.7. The van der Waals surface area contributed by atoms with Gasteiger partial charge in [0.1, 0.15) is 0 Å². The summed E-state index contributed by atoms with van der Waals surface area (Å²) >= 11 is 8.28. The molecule has 1 aromatic rings. The van der Waals surface area contributed by atoms with Gasteiger partial charge in [0, 0.05) is 29.9 Å². The molecule has 0 saturated carbocycles. The van der Waals surface area contributed by atoms with Crippen LogP contribution in [0.15, 0.2) is 0 Å². The van der Waals surface area contributed by atoms with E-state index < -0.39 is 0 Å². The molecule has 0 fully saturated rings. The van der Waals surface area contributed by atoms with Gasteiger partial charge in [-0.15, -0.1) is 11.3 Å². The van der Waals surface area contributed by atoms with Crippen molar-refractivity contribution in [2.75, 3.05) is 25.6 Å². The number of likely N-dealkylation sites (N-methyl/N-ethyl adjacent to an activating group) is 1. The Morgan fingerprint density at radius 2 is 2.31 bits per heavy atom. The van der Waals surface area contributed by atoms with E-state index in [-0.39, 0.29) is 5.91 Å². The lowest BCUT2D eigenvalue weighted by Gasteiger charge is -2.15. The van der Waals surface area contributed by atoms with E-state index in [4.69, 9.17) is 12.2 Å². The van der Waals surface area contributed by atoms with Crippen LogP contribution in [0.1, 0.15) is 10.6 Å². The van der Waals surface area contributed by atoms with E-state index in [0.29, 0.717) is 6.42 Å². The van der Waals surface area contributed by atoms with E-state index in [1.165, 1.54) is 11.3 Å². The Labute approximate surface area is 109 Å². The fraction of sp³-hybridized carbons (Fsp3) is 0.600. The predicted molar refractivity (Wildman–Crippen MR) is 74.0 cm³/mol. The summed E-state index contributed by atoms with van der Waals surface area (Å²) < 4.78 is 0.743. The molecule has 16 heavy (non-hydrogen) atoms. The van der Waals surface area contributed by atoms with Gasteiger partial charge < -0.3 is 9.88 Å². The lowest BCUT2D eigenvalue weighted by atomic mass is 10.3. The summed E-state index contributed by atoms with van der Waals surface area (Å²) in [5, 5.41) is 0. The molecule has 1 N–H and O–H groups in total. The molecule has 0 saturated heterocycles. The Bertz CT molecular complexity index is 410. The SMILES string of the molecule is CSCCN(C)C(=O)Cc1sc(=S)[nH]c1C. The van der Waals surface area contributed by atoms with Crippen molar-refractivity contribution in [3.8, 4) is 0 Å². The molecule has 0 aliphatic rings. The number of aryl methyl sites for hydroxylation is 1. The number of carbonyl (C=O) groups is 1. The van der Waals surface area contributed by atoms with Crippen molar-refractivity contribution in [2.24, 2.45) is 0 Å². The number of nitrogens with one attached hydrogen (secondary N) is 1. The van der Waals surface area contributed by atoms with Crippen molar-refractivity contribution < 1.29 is 4.79 Å². The number of nitrogens with zero attached hydrogens (tertiary/aromatic N) is 1. The number of thioether (sulfide) groups is 1. The third kappa shape index (κ3) is 3.92. The maximum Gasteiger partial charge on any atom is 0.227 e. The third-order valence-corrected chi connectivity index (χ3v) is 4.22. The second kappa shape index (κ2) is 6.42. The van der Waals surface area contributed by atoms with Gasteiger partial charge in [0.15, 0.2) is 3.95 Å². The molecule has 0 atom stereocenters. The summed E-state index contributed by atoms with van der Waals surface area (Å²) in [6, 6.07) is 0. The first-order valence-electron chi connectivity index (χ1n) is 4.96. The van der Waals surface area contributed by atoms with Crippen LogP contribution in [-0.4, -0.2) is 41.4 Å². The Morgan fingerprint density at radius 1 is 1.62 bits per heavy atom. The molecule has 0 aliphatic heterocycles. The number of thiazole rings is 1. The summed E-state index contributed by atoms with van der Waals surface area (Å²) in [5.41, 5.74) is 1.02. The quantitative estimate of drug-likeness (QED) is 0.839. The van der Waals surface area contributed by atoms with Crippen molar-refractivity contribution in [3.05, 3.63) is 14.5 Å². The van der Waals surface area contributed by atoms with Gasteiger partial charge in [-0.1, -0.05) is 0 Å². The van der Waals surface area contributed by atoms with Gasteiger partial charge in [0.05, 0.1) is 6.42 Å². The van der Waals surface area contributed by atoms with Gasteiger partial charge in [-0.3, -0.25) is 4.79 Å². The summed E-state index contributed by atoms with van der Waals surface area (Å²) in [6.07, 6.45) is 2.49. The second-order valence-electron chi connectivity index (χ2n) is 3.55. The first-order valence-corrected chi connectivity index (χ1v) is 7.58. The van der Waals surface area contributed by atoms with Crippen LogP contribution in [0.3, 0.4) is 0 Å². The molecular weight excluding hydrogens is 260 g/mol. The van der Waals surface area contributed by atoms with Crippen molar-refractivity contribution in [1.82, 2.24) is 9.88 Å². The van der Waals surface area contributed by atoms with Gasteiger partial charge in [-0.2, -0.15) is 11.8 Å². The number of amides is 1. The maximum atomic E-state index is 11.9. The largest absolute Gasteiger partial charge is 0.345 e. The molecule has 1 rings (SSSR count). The van der Waals surface area contributed by atoms with Crippen molar-refractivity contribution in [2.45, 2.75) is 13.3 Å².